The quantitative estimate of drug-likeness (QED) is 0.678. The zero-order valence-electron chi connectivity index (χ0n) is 11.9. The van der Waals surface area contributed by atoms with Crippen LogP contribution in [0.15, 0.2) is 18.2 Å². The molecule has 0 aliphatic rings. The molecule has 0 saturated heterocycles. The highest BCUT2D eigenvalue weighted by Gasteiger charge is 2.08. The Balaban J connectivity index is 2.72. The molecule has 0 aliphatic carbocycles. The predicted molar refractivity (Wildman–Crippen MR) is 74.8 cm³/mol. The van der Waals surface area contributed by atoms with Crippen LogP contribution < -0.4 is 4.74 Å². The fourth-order valence-electron chi connectivity index (χ4n) is 1.86. The Hall–Kier alpha value is -0.980. The lowest BCUT2D eigenvalue weighted by molar-refractivity contribution is 0.239. The first-order chi connectivity index (χ1) is 8.08. The van der Waals surface area contributed by atoms with Gasteiger partial charge < -0.3 is 4.74 Å². The zero-order valence-corrected chi connectivity index (χ0v) is 11.9. The molecule has 0 unspecified atom stereocenters. The molecule has 0 bridgehead atoms. The van der Waals surface area contributed by atoms with Crippen molar-refractivity contribution in [2.75, 3.05) is 6.61 Å². The van der Waals surface area contributed by atoms with Crippen LogP contribution in [0.1, 0.15) is 57.6 Å². The van der Waals surface area contributed by atoms with E-state index in [2.05, 4.69) is 52.8 Å². The average Bonchev–Trinajstić information content (AvgIpc) is 2.32. The SMILES string of the molecule is CCC(CC)COc1cc(C(C)C)ccc1C. The van der Waals surface area contributed by atoms with E-state index < -0.39 is 0 Å². The summed E-state index contributed by atoms with van der Waals surface area (Å²) in [6.07, 6.45) is 2.39. The van der Waals surface area contributed by atoms with E-state index in [0.29, 0.717) is 11.8 Å². The maximum atomic E-state index is 5.97. The monoisotopic (exact) mass is 234 g/mol. The van der Waals surface area contributed by atoms with Gasteiger partial charge in [-0.15, -0.1) is 0 Å². The van der Waals surface area contributed by atoms with E-state index in [1.165, 1.54) is 24.0 Å². The number of ether oxygens (including phenoxy) is 1. The van der Waals surface area contributed by atoms with Crippen molar-refractivity contribution in [3.63, 3.8) is 0 Å². The normalized spacial score (nSPS) is 11.2. The molecule has 1 rings (SSSR count). The molecule has 0 N–H and O–H groups in total. The van der Waals surface area contributed by atoms with Crippen LogP contribution in [-0.2, 0) is 0 Å². The molecule has 0 heterocycles. The van der Waals surface area contributed by atoms with Gasteiger partial charge in [-0.25, -0.2) is 0 Å². The second kappa shape index (κ2) is 6.68. The van der Waals surface area contributed by atoms with Crippen LogP contribution in [0.25, 0.3) is 0 Å². The van der Waals surface area contributed by atoms with E-state index in [9.17, 15) is 0 Å². The summed E-state index contributed by atoms with van der Waals surface area (Å²) in [6.45, 7) is 11.9. The smallest absolute Gasteiger partial charge is 0.122 e. The molecule has 96 valence electrons. The van der Waals surface area contributed by atoms with Crippen molar-refractivity contribution in [1.82, 2.24) is 0 Å². The molecule has 0 atom stereocenters. The Morgan fingerprint density at radius 2 is 1.76 bits per heavy atom. The fraction of sp³-hybridized carbons (Fsp3) is 0.625. The summed E-state index contributed by atoms with van der Waals surface area (Å²) in [5, 5.41) is 0. The Morgan fingerprint density at radius 3 is 2.29 bits per heavy atom. The van der Waals surface area contributed by atoms with E-state index >= 15 is 0 Å². The molecule has 0 amide bonds. The number of hydrogen-bond acceptors (Lipinski definition) is 1. The zero-order chi connectivity index (χ0) is 12.8. The minimum absolute atomic E-state index is 0.561. The highest BCUT2D eigenvalue weighted by Crippen LogP contribution is 2.25. The molecular formula is C16H26O. The van der Waals surface area contributed by atoms with Gasteiger partial charge in [0.1, 0.15) is 5.75 Å². The van der Waals surface area contributed by atoms with Gasteiger partial charge in [0.15, 0.2) is 0 Å². The van der Waals surface area contributed by atoms with Gasteiger partial charge in [0, 0.05) is 0 Å². The summed E-state index contributed by atoms with van der Waals surface area (Å²) in [5.41, 5.74) is 2.59. The van der Waals surface area contributed by atoms with Crippen LogP contribution in [-0.4, -0.2) is 6.61 Å². The Morgan fingerprint density at radius 1 is 1.12 bits per heavy atom. The minimum atomic E-state index is 0.561. The molecule has 0 aromatic heterocycles. The van der Waals surface area contributed by atoms with Gasteiger partial charge in [-0.2, -0.15) is 0 Å². The van der Waals surface area contributed by atoms with Crippen molar-refractivity contribution in [2.45, 2.75) is 53.4 Å². The number of rotatable bonds is 6. The first-order valence-electron chi connectivity index (χ1n) is 6.81. The lowest BCUT2D eigenvalue weighted by atomic mass is 10.0. The van der Waals surface area contributed by atoms with Crippen molar-refractivity contribution in [2.24, 2.45) is 5.92 Å². The van der Waals surface area contributed by atoms with Gasteiger partial charge in [-0.1, -0.05) is 52.7 Å². The van der Waals surface area contributed by atoms with Gasteiger partial charge in [-0.3, -0.25) is 0 Å². The van der Waals surface area contributed by atoms with E-state index in [1.54, 1.807) is 0 Å². The van der Waals surface area contributed by atoms with E-state index in [0.717, 1.165) is 12.4 Å². The molecular weight excluding hydrogens is 208 g/mol. The fourth-order valence-corrected chi connectivity index (χ4v) is 1.86. The standard InChI is InChI=1S/C16H26O/c1-6-14(7-2)11-17-16-10-15(12(3)4)9-8-13(16)5/h8-10,12,14H,6-7,11H2,1-5H3. The average molecular weight is 234 g/mol. The highest BCUT2D eigenvalue weighted by atomic mass is 16.5. The van der Waals surface area contributed by atoms with Crippen LogP contribution >= 0.6 is 0 Å². The molecule has 0 spiro atoms. The third kappa shape index (κ3) is 4.07. The summed E-state index contributed by atoms with van der Waals surface area (Å²) >= 11 is 0. The Labute approximate surface area is 106 Å². The van der Waals surface area contributed by atoms with Gasteiger partial charge in [-0.05, 0) is 36.0 Å². The second-order valence-electron chi connectivity index (χ2n) is 5.17. The molecule has 0 saturated carbocycles. The Kier molecular flexibility index (Phi) is 5.54. The van der Waals surface area contributed by atoms with Crippen LogP contribution in [0.3, 0.4) is 0 Å². The molecule has 0 aliphatic heterocycles. The number of aryl methyl sites for hydroxylation is 1. The summed E-state index contributed by atoms with van der Waals surface area (Å²) in [6, 6.07) is 6.56. The van der Waals surface area contributed by atoms with Crippen LogP contribution in [0.4, 0.5) is 0 Å². The predicted octanol–water partition coefficient (Wildman–Crippen LogP) is 4.93. The molecule has 17 heavy (non-hydrogen) atoms. The third-order valence-corrected chi connectivity index (χ3v) is 3.51. The van der Waals surface area contributed by atoms with Gasteiger partial charge in [0.2, 0.25) is 0 Å². The second-order valence-corrected chi connectivity index (χ2v) is 5.17. The summed E-state index contributed by atoms with van der Waals surface area (Å²) < 4.78 is 5.97. The summed E-state index contributed by atoms with van der Waals surface area (Å²) in [5.74, 6) is 2.30. The highest BCUT2D eigenvalue weighted by molar-refractivity contribution is 5.37. The van der Waals surface area contributed by atoms with Crippen molar-refractivity contribution in [3.05, 3.63) is 29.3 Å². The molecule has 0 radical (unpaired) electrons. The maximum Gasteiger partial charge on any atom is 0.122 e. The molecule has 1 heteroatoms. The van der Waals surface area contributed by atoms with Crippen LogP contribution in [0.5, 0.6) is 5.75 Å². The lowest BCUT2D eigenvalue weighted by Gasteiger charge is -2.16. The van der Waals surface area contributed by atoms with Crippen LogP contribution in [0.2, 0.25) is 0 Å². The van der Waals surface area contributed by atoms with Crippen molar-refractivity contribution in [3.8, 4) is 5.75 Å². The van der Waals surface area contributed by atoms with Gasteiger partial charge in [0.25, 0.3) is 0 Å². The van der Waals surface area contributed by atoms with Crippen molar-refractivity contribution < 1.29 is 4.74 Å². The molecule has 1 aromatic carbocycles. The summed E-state index contributed by atoms with van der Waals surface area (Å²) in [4.78, 5) is 0. The van der Waals surface area contributed by atoms with Crippen LogP contribution in [0, 0.1) is 12.8 Å². The van der Waals surface area contributed by atoms with Gasteiger partial charge in [0.05, 0.1) is 6.61 Å². The molecule has 1 aromatic rings. The first kappa shape index (κ1) is 14.1. The number of hydrogen-bond donors (Lipinski definition) is 0. The third-order valence-electron chi connectivity index (χ3n) is 3.51. The van der Waals surface area contributed by atoms with Crippen molar-refractivity contribution in [1.29, 1.82) is 0 Å². The van der Waals surface area contributed by atoms with E-state index in [-0.39, 0.29) is 0 Å². The lowest BCUT2D eigenvalue weighted by Crippen LogP contribution is -2.10. The first-order valence-corrected chi connectivity index (χ1v) is 6.81. The molecule has 0 fully saturated rings. The Bertz CT molecular complexity index is 337. The van der Waals surface area contributed by atoms with E-state index in [1.807, 2.05) is 0 Å². The summed E-state index contributed by atoms with van der Waals surface area (Å²) in [7, 11) is 0. The minimum Gasteiger partial charge on any atom is -0.493 e. The van der Waals surface area contributed by atoms with Crippen molar-refractivity contribution >= 4 is 0 Å². The van der Waals surface area contributed by atoms with E-state index in [4.69, 9.17) is 4.74 Å². The molecule has 1 nitrogen and oxygen atoms in total. The maximum absolute atomic E-state index is 5.97. The largest absolute Gasteiger partial charge is 0.493 e. The topological polar surface area (TPSA) is 9.23 Å². The van der Waals surface area contributed by atoms with Gasteiger partial charge >= 0.3 is 0 Å². The number of benzene rings is 1.